The van der Waals surface area contributed by atoms with Crippen LogP contribution in [0, 0.1) is 5.92 Å². The third-order valence-electron chi connectivity index (χ3n) is 5.98. The van der Waals surface area contributed by atoms with Gasteiger partial charge in [0.1, 0.15) is 0 Å². The van der Waals surface area contributed by atoms with Crippen molar-refractivity contribution in [1.29, 1.82) is 0 Å². The summed E-state index contributed by atoms with van der Waals surface area (Å²) in [5, 5.41) is 20.4. The van der Waals surface area contributed by atoms with Gasteiger partial charge in [0.15, 0.2) is 11.5 Å². The number of fused-ring (bicyclic) bond motifs is 3. The highest BCUT2D eigenvalue weighted by atomic mass is 16.8. The Balaban J connectivity index is 1.54. The second-order valence-corrected chi connectivity index (χ2v) is 9.43. The Morgan fingerprint density at radius 1 is 1.04 bits per heavy atom. The minimum absolute atomic E-state index is 0.122. The number of rotatable bonds is 5. The summed E-state index contributed by atoms with van der Waals surface area (Å²) in [6.07, 6.45) is 4.80. The van der Waals surface area contributed by atoms with Crippen molar-refractivity contribution < 1.29 is 24.4 Å². The van der Waals surface area contributed by atoms with E-state index in [1.54, 1.807) is 7.11 Å². The lowest BCUT2D eigenvalue weighted by atomic mass is 9.85. The molecule has 0 aromatic heterocycles. The fraction of sp³-hybridized carbons (Fsp3) is 0.727. The number of nitrogens with zero attached hydrogens (tertiary/aromatic N) is 1. The van der Waals surface area contributed by atoms with Crippen LogP contribution in [0.25, 0.3) is 0 Å². The van der Waals surface area contributed by atoms with Gasteiger partial charge < -0.3 is 24.4 Å². The van der Waals surface area contributed by atoms with E-state index in [-0.39, 0.29) is 17.6 Å². The van der Waals surface area contributed by atoms with E-state index in [0.29, 0.717) is 17.5 Å². The molecule has 0 radical (unpaired) electrons. The molecule has 1 aromatic rings. The summed E-state index contributed by atoms with van der Waals surface area (Å²) in [5.41, 5.74) is 2.35. The predicted molar refractivity (Wildman–Crippen MR) is 105 cm³/mol. The summed E-state index contributed by atoms with van der Waals surface area (Å²) in [6, 6.07) is 4.31. The normalized spacial score (nSPS) is 25.8. The van der Waals surface area contributed by atoms with Crippen LogP contribution in [0.3, 0.4) is 0 Å². The van der Waals surface area contributed by atoms with E-state index in [2.05, 4.69) is 25.7 Å². The zero-order valence-corrected chi connectivity index (χ0v) is 17.4. The first-order valence-corrected chi connectivity index (χ1v) is 10.4. The number of benzene rings is 1. The number of hydrogen-bond acceptors (Lipinski definition) is 6. The fourth-order valence-electron chi connectivity index (χ4n) is 4.55. The van der Waals surface area contributed by atoms with Gasteiger partial charge >= 0.3 is 5.97 Å². The van der Waals surface area contributed by atoms with Crippen LogP contribution in [0.1, 0.15) is 63.6 Å². The lowest BCUT2D eigenvalue weighted by Crippen LogP contribution is -2.47. The molecule has 2 N–H and O–H groups in total. The molecule has 1 aromatic carbocycles. The van der Waals surface area contributed by atoms with E-state index < -0.39 is 5.97 Å². The Morgan fingerprint density at radius 3 is 2.43 bits per heavy atom. The molecule has 3 aliphatic rings. The zero-order chi connectivity index (χ0) is 20.1. The van der Waals surface area contributed by atoms with Gasteiger partial charge in [-0.25, -0.2) is 0 Å². The maximum atomic E-state index is 10.2. The summed E-state index contributed by atoms with van der Waals surface area (Å²) in [6.45, 7) is 8.25. The summed E-state index contributed by atoms with van der Waals surface area (Å²) in [4.78, 5) is 2.51. The number of methoxy groups -OCH3 is 1. The molecule has 0 bridgehead atoms. The molecular weight excluding hydrogens is 358 g/mol. The zero-order valence-electron chi connectivity index (χ0n) is 17.4. The molecule has 2 atom stereocenters. The molecule has 0 amide bonds. The molecule has 6 heteroatoms. The van der Waals surface area contributed by atoms with Crippen molar-refractivity contribution in [2.24, 2.45) is 5.92 Å². The Hall–Kier alpha value is -1.34. The van der Waals surface area contributed by atoms with Gasteiger partial charge in [-0.2, -0.15) is 0 Å². The van der Waals surface area contributed by atoms with Crippen molar-refractivity contribution in [2.75, 3.05) is 20.2 Å². The van der Waals surface area contributed by atoms with E-state index in [9.17, 15) is 10.2 Å². The van der Waals surface area contributed by atoms with Gasteiger partial charge in [0, 0.05) is 19.1 Å². The SMILES string of the molecule is COc1cc2c(cc1OC(O)(O)C1CC1)CCN1CC(OC(C)(C)C)CCC21. The second kappa shape index (κ2) is 7.17. The summed E-state index contributed by atoms with van der Waals surface area (Å²) < 4.78 is 17.3. The van der Waals surface area contributed by atoms with Crippen molar-refractivity contribution >= 4 is 0 Å². The molecule has 2 unspecified atom stereocenters. The van der Waals surface area contributed by atoms with Crippen LogP contribution in [0.5, 0.6) is 11.5 Å². The molecular formula is C22H33NO5. The number of hydrogen-bond donors (Lipinski definition) is 2. The van der Waals surface area contributed by atoms with E-state index in [1.807, 2.05) is 12.1 Å². The van der Waals surface area contributed by atoms with E-state index in [0.717, 1.165) is 45.2 Å². The lowest BCUT2D eigenvalue weighted by Gasteiger charge is -2.45. The first-order chi connectivity index (χ1) is 13.2. The van der Waals surface area contributed by atoms with Gasteiger partial charge in [-0.15, -0.1) is 0 Å². The van der Waals surface area contributed by atoms with E-state index in [4.69, 9.17) is 14.2 Å². The average Bonchev–Trinajstić information content (AvgIpc) is 3.45. The maximum Gasteiger partial charge on any atom is 0.324 e. The minimum atomic E-state index is -2.12. The first kappa shape index (κ1) is 20.0. The molecule has 2 fully saturated rings. The summed E-state index contributed by atoms with van der Waals surface area (Å²) in [7, 11) is 1.59. The Bertz CT molecular complexity index is 722. The monoisotopic (exact) mass is 391 g/mol. The summed E-state index contributed by atoms with van der Waals surface area (Å²) >= 11 is 0. The van der Waals surface area contributed by atoms with Crippen LogP contribution in [-0.4, -0.2) is 53.0 Å². The molecule has 28 heavy (non-hydrogen) atoms. The first-order valence-electron chi connectivity index (χ1n) is 10.4. The van der Waals surface area contributed by atoms with E-state index in [1.165, 1.54) is 11.1 Å². The lowest BCUT2D eigenvalue weighted by molar-refractivity contribution is -0.305. The highest BCUT2D eigenvalue weighted by Crippen LogP contribution is 2.45. The Labute approximate surface area is 167 Å². The highest BCUT2D eigenvalue weighted by molar-refractivity contribution is 5.50. The topological polar surface area (TPSA) is 71.4 Å². The quantitative estimate of drug-likeness (QED) is 0.752. The molecule has 0 spiro atoms. The number of piperidine rings is 1. The third kappa shape index (κ3) is 4.15. The largest absolute Gasteiger partial charge is 0.493 e. The van der Waals surface area contributed by atoms with Crippen LogP contribution >= 0.6 is 0 Å². The van der Waals surface area contributed by atoms with Crippen molar-refractivity contribution in [1.82, 2.24) is 4.90 Å². The van der Waals surface area contributed by atoms with Gasteiger partial charge in [0.25, 0.3) is 0 Å². The predicted octanol–water partition coefficient (Wildman–Crippen LogP) is 3.00. The van der Waals surface area contributed by atoms with Crippen molar-refractivity contribution in [3.63, 3.8) is 0 Å². The molecule has 1 aliphatic carbocycles. The Kier molecular flexibility index (Phi) is 5.11. The number of aliphatic hydroxyl groups is 2. The van der Waals surface area contributed by atoms with Crippen LogP contribution in [0.2, 0.25) is 0 Å². The van der Waals surface area contributed by atoms with Crippen LogP contribution < -0.4 is 9.47 Å². The van der Waals surface area contributed by atoms with Crippen molar-refractivity contribution in [3.8, 4) is 11.5 Å². The maximum absolute atomic E-state index is 10.2. The summed E-state index contributed by atoms with van der Waals surface area (Å²) in [5.74, 6) is -1.37. The Morgan fingerprint density at radius 2 is 1.79 bits per heavy atom. The van der Waals surface area contributed by atoms with Gasteiger partial charge in [-0.05, 0) is 76.1 Å². The molecule has 2 aliphatic heterocycles. The van der Waals surface area contributed by atoms with E-state index >= 15 is 0 Å². The average molecular weight is 392 g/mol. The van der Waals surface area contributed by atoms with Crippen LogP contribution in [0.4, 0.5) is 0 Å². The molecule has 6 nitrogen and oxygen atoms in total. The highest BCUT2D eigenvalue weighted by Gasteiger charge is 2.46. The van der Waals surface area contributed by atoms with Gasteiger partial charge in [0.05, 0.1) is 24.7 Å². The van der Waals surface area contributed by atoms with Gasteiger partial charge in [-0.3, -0.25) is 4.90 Å². The van der Waals surface area contributed by atoms with Gasteiger partial charge in [-0.1, -0.05) is 0 Å². The smallest absolute Gasteiger partial charge is 0.324 e. The second-order valence-electron chi connectivity index (χ2n) is 9.43. The van der Waals surface area contributed by atoms with Crippen LogP contribution in [-0.2, 0) is 11.2 Å². The molecule has 4 rings (SSSR count). The third-order valence-corrected chi connectivity index (χ3v) is 5.98. The minimum Gasteiger partial charge on any atom is -0.493 e. The molecule has 1 saturated heterocycles. The van der Waals surface area contributed by atoms with Gasteiger partial charge in [0.2, 0.25) is 0 Å². The van der Waals surface area contributed by atoms with Crippen molar-refractivity contribution in [3.05, 3.63) is 23.3 Å². The fourth-order valence-corrected chi connectivity index (χ4v) is 4.55. The standard InChI is InChI=1S/C22H33NO5/c1-21(2,3)27-16-7-8-18-17-12-19(26-4)20(28-22(24,25)15-5-6-15)11-14(17)9-10-23(18)13-16/h11-12,15-16,18,24-25H,5-10,13H2,1-4H3. The molecule has 2 heterocycles. The van der Waals surface area contributed by atoms with Crippen LogP contribution in [0.15, 0.2) is 12.1 Å². The van der Waals surface area contributed by atoms with Crippen molar-refractivity contribution in [2.45, 2.75) is 76.6 Å². The molecule has 156 valence electrons. The molecule has 1 saturated carbocycles. The number of ether oxygens (including phenoxy) is 3.